The molecule has 0 saturated carbocycles. The number of carbonyl (C=O) groups is 1. The summed E-state index contributed by atoms with van der Waals surface area (Å²) < 4.78 is 5.35. The Morgan fingerprint density at radius 1 is 1.03 bits per heavy atom. The van der Waals surface area contributed by atoms with E-state index in [0.717, 1.165) is 23.8 Å². The van der Waals surface area contributed by atoms with E-state index in [1.807, 2.05) is 35.7 Å². The van der Waals surface area contributed by atoms with Crippen molar-refractivity contribution < 1.29 is 14.5 Å². The molecule has 1 aliphatic heterocycles. The fourth-order valence-corrected chi connectivity index (χ4v) is 3.51. The summed E-state index contributed by atoms with van der Waals surface area (Å²) in [6.45, 7) is 3.27. The maximum atomic E-state index is 12.0. The van der Waals surface area contributed by atoms with Crippen LogP contribution < -0.4 is 4.90 Å². The third-order valence-corrected chi connectivity index (χ3v) is 5.23. The highest BCUT2D eigenvalue weighted by atomic mass is 32.1. The summed E-state index contributed by atoms with van der Waals surface area (Å²) in [6.07, 6.45) is 1.57. The van der Waals surface area contributed by atoms with Gasteiger partial charge in [-0.3, -0.25) is 10.1 Å². The molecule has 1 aliphatic rings. The molecule has 30 heavy (non-hydrogen) atoms. The van der Waals surface area contributed by atoms with Crippen LogP contribution in [-0.4, -0.2) is 47.1 Å². The van der Waals surface area contributed by atoms with Gasteiger partial charge < -0.3 is 14.5 Å². The molecule has 0 unspecified atom stereocenters. The number of ether oxygens (including phenoxy) is 1. The first-order valence-corrected chi connectivity index (χ1v) is 10.3. The number of nitrogens with zero attached hydrogens (tertiary/aromatic N) is 4. The van der Waals surface area contributed by atoms with Crippen molar-refractivity contribution in [1.82, 2.24) is 9.88 Å². The van der Waals surface area contributed by atoms with E-state index in [4.69, 9.17) is 4.74 Å². The van der Waals surface area contributed by atoms with Crippen LogP contribution in [0, 0.1) is 10.1 Å². The van der Waals surface area contributed by atoms with Gasteiger partial charge in [0.1, 0.15) is 6.61 Å². The smallest absolute Gasteiger partial charge is 0.410 e. The van der Waals surface area contributed by atoms with Gasteiger partial charge in [-0.1, -0.05) is 48.5 Å². The van der Waals surface area contributed by atoms with E-state index in [1.54, 1.807) is 40.6 Å². The predicted octanol–water partition coefficient (Wildman–Crippen LogP) is 4.20. The van der Waals surface area contributed by atoms with E-state index in [1.165, 1.54) is 12.1 Å². The summed E-state index contributed by atoms with van der Waals surface area (Å²) in [4.78, 5) is 29.9. The number of nitro groups is 1. The molecule has 1 amide bonds. The van der Waals surface area contributed by atoms with Crippen LogP contribution in [0.15, 0.2) is 72.2 Å². The SMILES string of the molecule is O=C(OCc1ccccc1)N1CCN(c2nccs2)CC1.O=[N+]([O-])c1ccccc1. The first-order chi connectivity index (χ1) is 14.6. The number of hydrogen-bond donors (Lipinski definition) is 0. The second-order valence-corrected chi connectivity index (χ2v) is 7.29. The summed E-state index contributed by atoms with van der Waals surface area (Å²) in [7, 11) is 0. The molecule has 9 heteroatoms. The Morgan fingerprint density at radius 2 is 1.67 bits per heavy atom. The number of non-ortho nitro benzene ring substituents is 1. The number of piperazine rings is 1. The van der Waals surface area contributed by atoms with E-state index in [9.17, 15) is 14.9 Å². The summed E-state index contributed by atoms with van der Waals surface area (Å²) in [5.41, 5.74) is 1.14. The second kappa shape index (κ2) is 10.9. The molecular formula is C21H22N4O4S. The van der Waals surface area contributed by atoms with Gasteiger partial charge in [0.2, 0.25) is 0 Å². The van der Waals surface area contributed by atoms with Gasteiger partial charge in [-0.25, -0.2) is 9.78 Å². The topological polar surface area (TPSA) is 88.8 Å². The molecule has 0 atom stereocenters. The van der Waals surface area contributed by atoms with Crippen molar-refractivity contribution in [3.63, 3.8) is 0 Å². The summed E-state index contributed by atoms with van der Waals surface area (Å²) >= 11 is 1.63. The average molecular weight is 426 g/mol. The lowest BCUT2D eigenvalue weighted by atomic mass is 10.2. The van der Waals surface area contributed by atoms with Crippen molar-refractivity contribution in [2.45, 2.75) is 6.61 Å². The Hall–Kier alpha value is -3.46. The fourth-order valence-electron chi connectivity index (χ4n) is 2.81. The lowest BCUT2D eigenvalue weighted by Crippen LogP contribution is -2.48. The molecule has 0 spiro atoms. The number of carbonyl (C=O) groups excluding carboxylic acids is 1. The van der Waals surface area contributed by atoms with E-state index < -0.39 is 4.92 Å². The predicted molar refractivity (Wildman–Crippen MR) is 116 cm³/mol. The standard InChI is InChI=1S/C15H17N3O2S.C6H5NO2/c19-15(20-12-13-4-2-1-3-5-13)18-9-7-17(8-10-18)14-16-6-11-21-14;8-7(9)6-4-2-1-3-5-6/h1-6,11H,7-10,12H2;1-5H. The van der Waals surface area contributed by atoms with Gasteiger partial charge in [-0.05, 0) is 5.56 Å². The van der Waals surface area contributed by atoms with Crippen LogP contribution in [0.5, 0.6) is 0 Å². The van der Waals surface area contributed by atoms with Crippen LogP contribution in [-0.2, 0) is 11.3 Å². The molecule has 8 nitrogen and oxygen atoms in total. The molecule has 0 N–H and O–H groups in total. The minimum Gasteiger partial charge on any atom is -0.445 e. The third kappa shape index (κ3) is 6.28. The van der Waals surface area contributed by atoms with E-state index in [0.29, 0.717) is 19.7 Å². The Labute approximate surface area is 178 Å². The molecule has 2 aromatic carbocycles. The number of anilines is 1. The van der Waals surface area contributed by atoms with Crippen LogP contribution in [0.2, 0.25) is 0 Å². The molecule has 0 bridgehead atoms. The Balaban J connectivity index is 0.000000239. The molecule has 0 aliphatic carbocycles. The Kier molecular flexibility index (Phi) is 7.73. The largest absolute Gasteiger partial charge is 0.445 e. The summed E-state index contributed by atoms with van der Waals surface area (Å²) in [6, 6.07) is 17.7. The van der Waals surface area contributed by atoms with Crippen LogP contribution in [0.3, 0.4) is 0 Å². The molecule has 1 saturated heterocycles. The highest BCUT2D eigenvalue weighted by Gasteiger charge is 2.23. The molecule has 0 radical (unpaired) electrons. The highest BCUT2D eigenvalue weighted by Crippen LogP contribution is 2.19. The molecule has 1 aromatic heterocycles. The van der Waals surface area contributed by atoms with Gasteiger partial charge in [0.05, 0.1) is 4.92 Å². The number of nitro benzene ring substituents is 1. The molecule has 4 rings (SSSR count). The van der Waals surface area contributed by atoms with Crippen molar-refractivity contribution in [3.8, 4) is 0 Å². The zero-order chi connectivity index (χ0) is 21.2. The molecular weight excluding hydrogens is 404 g/mol. The fraction of sp³-hybridized carbons (Fsp3) is 0.238. The van der Waals surface area contributed by atoms with Gasteiger partial charge in [0.15, 0.2) is 5.13 Å². The van der Waals surface area contributed by atoms with Crippen LogP contribution >= 0.6 is 11.3 Å². The van der Waals surface area contributed by atoms with Gasteiger partial charge >= 0.3 is 6.09 Å². The van der Waals surface area contributed by atoms with Gasteiger partial charge in [0.25, 0.3) is 5.69 Å². The van der Waals surface area contributed by atoms with Crippen molar-refractivity contribution in [2.24, 2.45) is 0 Å². The first-order valence-electron chi connectivity index (χ1n) is 9.43. The minimum atomic E-state index is -0.417. The molecule has 1 fully saturated rings. The van der Waals surface area contributed by atoms with Crippen molar-refractivity contribution in [2.75, 3.05) is 31.1 Å². The number of hydrogen-bond acceptors (Lipinski definition) is 7. The maximum Gasteiger partial charge on any atom is 0.410 e. The number of rotatable bonds is 4. The van der Waals surface area contributed by atoms with E-state index in [2.05, 4.69) is 9.88 Å². The van der Waals surface area contributed by atoms with Crippen molar-refractivity contribution in [1.29, 1.82) is 0 Å². The monoisotopic (exact) mass is 426 g/mol. The summed E-state index contributed by atoms with van der Waals surface area (Å²) in [5.74, 6) is 0. The quantitative estimate of drug-likeness (QED) is 0.459. The lowest BCUT2D eigenvalue weighted by Gasteiger charge is -2.33. The first kappa shape index (κ1) is 21.3. The molecule has 3 aromatic rings. The van der Waals surface area contributed by atoms with E-state index in [-0.39, 0.29) is 11.8 Å². The van der Waals surface area contributed by atoms with Gasteiger partial charge in [-0.2, -0.15) is 0 Å². The van der Waals surface area contributed by atoms with Crippen LogP contribution in [0.1, 0.15) is 5.56 Å². The van der Waals surface area contributed by atoms with Crippen LogP contribution in [0.4, 0.5) is 15.6 Å². The van der Waals surface area contributed by atoms with Gasteiger partial charge in [-0.15, -0.1) is 11.3 Å². The maximum absolute atomic E-state index is 12.0. The minimum absolute atomic E-state index is 0.137. The summed E-state index contributed by atoms with van der Waals surface area (Å²) in [5, 5.41) is 13.0. The molecule has 2 heterocycles. The zero-order valence-electron chi connectivity index (χ0n) is 16.3. The van der Waals surface area contributed by atoms with E-state index >= 15 is 0 Å². The number of amides is 1. The number of thiazole rings is 1. The second-order valence-electron chi connectivity index (χ2n) is 6.42. The van der Waals surface area contributed by atoms with Crippen molar-refractivity contribution in [3.05, 3.63) is 87.9 Å². The molecule has 156 valence electrons. The number of aromatic nitrogens is 1. The highest BCUT2D eigenvalue weighted by molar-refractivity contribution is 7.13. The number of para-hydroxylation sites is 1. The average Bonchev–Trinajstić information content (AvgIpc) is 3.34. The third-order valence-electron chi connectivity index (χ3n) is 4.40. The normalized spacial score (nSPS) is 13.2. The lowest BCUT2D eigenvalue weighted by molar-refractivity contribution is -0.384. The van der Waals surface area contributed by atoms with Crippen LogP contribution in [0.25, 0.3) is 0 Å². The zero-order valence-corrected chi connectivity index (χ0v) is 17.1. The van der Waals surface area contributed by atoms with Gasteiger partial charge in [0, 0.05) is 49.9 Å². The Bertz CT molecular complexity index is 915. The number of benzene rings is 2. The van der Waals surface area contributed by atoms with Crippen molar-refractivity contribution >= 4 is 28.2 Å². The Morgan fingerprint density at radius 3 is 2.20 bits per heavy atom.